The summed E-state index contributed by atoms with van der Waals surface area (Å²) < 4.78 is 1.04. The Morgan fingerprint density at radius 1 is 0.950 bits per heavy atom. The van der Waals surface area contributed by atoms with Crippen molar-refractivity contribution in [3.63, 3.8) is 0 Å². The van der Waals surface area contributed by atoms with E-state index in [1.807, 2.05) is 30.3 Å². The first-order valence-electron chi connectivity index (χ1n) is 7.12. The van der Waals surface area contributed by atoms with Gasteiger partial charge in [0.2, 0.25) is 0 Å². The van der Waals surface area contributed by atoms with Crippen molar-refractivity contribution in [3.05, 3.63) is 69.2 Å². The first-order chi connectivity index (χ1) is 9.72. The van der Waals surface area contributed by atoms with Crippen molar-refractivity contribution in [3.8, 4) is 0 Å². The summed E-state index contributed by atoms with van der Waals surface area (Å²) in [5, 5.41) is 0. The number of hydrogen-bond donors (Lipinski definition) is 0. The molecule has 2 heteroatoms. The molecule has 0 bridgehead atoms. The number of aryl methyl sites for hydroxylation is 2. The Balaban J connectivity index is 1.78. The molecule has 0 aliphatic heterocycles. The van der Waals surface area contributed by atoms with Gasteiger partial charge in [-0.3, -0.25) is 4.79 Å². The minimum absolute atomic E-state index is 0.209. The summed E-state index contributed by atoms with van der Waals surface area (Å²) in [5.41, 5.74) is 4.72. The van der Waals surface area contributed by atoms with Crippen LogP contribution in [0.1, 0.15) is 39.9 Å². The molecule has 0 unspecified atom stereocenters. The van der Waals surface area contributed by atoms with Crippen LogP contribution in [0.5, 0.6) is 0 Å². The van der Waals surface area contributed by atoms with Gasteiger partial charge in [0, 0.05) is 16.5 Å². The van der Waals surface area contributed by atoms with E-state index in [1.165, 1.54) is 24.0 Å². The predicted octanol–water partition coefficient (Wildman–Crippen LogP) is 4.75. The molecular weight excluding hydrogens is 312 g/mol. The van der Waals surface area contributed by atoms with Crippen LogP contribution in [0.4, 0.5) is 0 Å². The summed E-state index contributed by atoms with van der Waals surface area (Å²) in [6.45, 7) is 0. The topological polar surface area (TPSA) is 17.1 Å². The molecule has 0 saturated heterocycles. The third-order valence-electron chi connectivity index (χ3n) is 3.95. The maximum Gasteiger partial charge on any atom is 0.167 e. The van der Waals surface area contributed by atoms with Gasteiger partial charge >= 0.3 is 0 Å². The maximum absolute atomic E-state index is 12.4. The van der Waals surface area contributed by atoms with Crippen molar-refractivity contribution in [1.82, 2.24) is 0 Å². The van der Waals surface area contributed by atoms with Crippen LogP contribution in [0.2, 0.25) is 0 Å². The molecule has 102 valence electrons. The van der Waals surface area contributed by atoms with Gasteiger partial charge in [-0.15, -0.1) is 0 Å². The minimum atomic E-state index is 0.209. The van der Waals surface area contributed by atoms with Gasteiger partial charge in [-0.05, 0) is 60.6 Å². The lowest BCUT2D eigenvalue weighted by atomic mass is 9.89. The molecule has 0 fully saturated rings. The van der Waals surface area contributed by atoms with Gasteiger partial charge in [0.25, 0.3) is 0 Å². The summed E-state index contributed by atoms with van der Waals surface area (Å²) in [6.07, 6.45) is 5.29. The van der Waals surface area contributed by atoms with Crippen LogP contribution < -0.4 is 0 Å². The standard InChI is InChI=1S/C18H17BrO/c19-17-9-5-13(6-10-17)11-18(20)16-8-7-14-3-1-2-4-15(14)12-16/h5-10,12H,1-4,11H2. The van der Waals surface area contributed by atoms with Gasteiger partial charge in [0.15, 0.2) is 5.78 Å². The van der Waals surface area contributed by atoms with Crippen LogP contribution in [0, 0.1) is 0 Å². The van der Waals surface area contributed by atoms with Crippen molar-refractivity contribution in [2.45, 2.75) is 32.1 Å². The van der Waals surface area contributed by atoms with E-state index in [0.717, 1.165) is 28.4 Å². The molecule has 1 aliphatic carbocycles. The van der Waals surface area contributed by atoms with Gasteiger partial charge in [0.05, 0.1) is 0 Å². The highest BCUT2D eigenvalue weighted by atomic mass is 79.9. The van der Waals surface area contributed by atoms with E-state index in [-0.39, 0.29) is 5.78 Å². The summed E-state index contributed by atoms with van der Waals surface area (Å²) >= 11 is 3.41. The van der Waals surface area contributed by atoms with E-state index in [4.69, 9.17) is 0 Å². The van der Waals surface area contributed by atoms with Crippen LogP contribution in [0.25, 0.3) is 0 Å². The van der Waals surface area contributed by atoms with E-state index in [2.05, 4.69) is 28.1 Å². The number of carbonyl (C=O) groups excluding carboxylic acids is 1. The highest BCUT2D eigenvalue weighted by Gasteiger charge is 2.13. The second-order valence-electron chi connectivity index (χ2n) is 5.42. The third-order valence-corrected chi connectivity index (χ3v) is 4.48. The Morgan fingerprint density at radius 3 is 2.40 bits per heavy atom. The van der Waals surface area contributed by atoms with Crippen LogP contribution in [0.15, 0.2) is 46.9 Å². The van der Waals surface area contributed by atoms with Crippen LogP contribution >= 0.6 is 15.9 Å². The summed E-state index contributed by atoms with van der Waals surface area (Å²) in [4.78, 5) is 12.4. The Bertz CT molecular complexity index is 628. The van der Waals surface area contributed by atoms with E-state index >= 15 is 0 Å². The SMILES string of the molecule is O=C(Cc1ccc(Br)cc1)c1ccc2c(c1)CCCC2. The van der Waals surface area contributed by atoms with Gasteiger partial charge in [-0.25, -0.2) is 0 Å². The molecule has 0 heterocycles. The molecule has 2 aromatic rings. The maximum atomic E-state index is 12.4. The monoisotopic (exact) mass is 328 g/mol. The first kappa shape index (κ1) is 13.6. The fourth-order valence-corrected chi connectivity index (χ4v) is 3.06. The second kappa shape index (κ2) is 5.92. The lowest BCUT2D eigenvalue weighted by molar-refractivity contribution is 0.0993. The number of rotatable bonds is 3. The summed E-state index contributed by atoms with van der Waals surface area (Å²) in [7, 11) is 0. The summed E-state index contributed by atoms with van der Waals surface area (Å²) in [5.74, 6) is 0.209. The normalized spacial score (nSPS) is 13.8. The molecule has 0 radical (unpaired) electrons. The first-order valence-corrected chi connectivity index (χ1v) is 7.91. The quantitative estimate of drug-likeness (QED) is 0.743. The average Bonchev–Trinajstić information content (AvgIpc) is 2.49. The number of hydrogen-bond acceptors (Lipinski definition) is 1. The average molecular weight is 329 g/mol. The second-order valence-corrected chi connectivity index (χ2v) is 6.33. The van der Waals surface area contributed by atoms with Crippen molar-refractivity contribution < 1.29 is 4.79 Å². The van der Waals surface area contributed by atoms with E-state index in [9.17, 15) is 4.79 Å². The molecule has 2 aromatic carbocycles. The number of Topliss-reactive ketones (excluding diaryl/α,β-unsaturated/α-hetero) is 1. The number of fused-ring (bicyclic) bond motifs is 1. The molecule has 20 heavy (non-hydrogen) atoms. The molecule has 0 atom stereocenters. The number of halogens is 1. The molecule has 1 aliphatic rings. The van der Waals surface area contributed by atoms with E-state index < -0.39 is 0 Å². The van der Waals surface area contributed by atoms with Gasteiger partial charge in [-0.2, -0.15) is 0 Å². The molecule has 0 aromatic heterocycles. The van der Waals surface area contributed by atoms with Crippen molar-refractivity contribution in [2.75, 3.05) is 0 Å². The number of carbonyl (C=O) groups is 1. The zero-order valence-corrected chi connectivity index (χ0v) is 12.9. The van der Waals surface area contributed by atoms with E-state index in [1.54, 1.807) is 0 Å². The van der Waals surface area contributed by atoms with Crippen molar-refractivity contribution in [2.24, 2.45) is 0 Å². The highest BCUT2D eigenvalue weighted by molar-refractivity contribution is 9.10. The van der Waals surface area contributed by atoms with E-state index in [0.29, 0.717) is 6.42 Å². The Morgan fingerprint density at radius 2 is 1.65 bits per heavy atom. The molecule has 1 nitrogen and oxygen atoms in total. The van der Waals surface area contributed by atoms with Crippen LogP contribution in [-0.4, -0.2) is 5.78 Å². The molecular formula is C18H17BrO. The molecule has 0 saturated carbocycles. The molecule has 0 spiro atoms. The Labute approximate surface area is 128 Å². The van der Waals surface area contributed by atoms with Gasteiger partial charge in [0.1, 0.15) is 0 Å². The Hall–Kier alpha value is -1.41. The summed E-state index contributed by atoms with van der Waals surface area (Å²) in [6, 6.07) is 14.2. The molecule has 0 amide bonds. The van der Waals surface area contributed by atoms with Crippen molar-refractivity contribution in [1.29, 1.82) is 0 Å². The van der Waals surface area contributed by atoms with Crippen LogP contribution in [0.3, 0.4) is 0 Å². The predicted molar refractivity (Wildman–Crippen MR) is 85.3 cm³/mol. The highest BCUT2D eigenvalue weighted by Crippen LogP contribution is 2.23. The van der Waals surface area contributed by atoms with Crippen molar-refractivity contribution >= 4 is 21.7 Å². The fraction of sp³-hybridized carbons (Fsp3) is 0.278. The lowest BCUT2D eigenvalue weighted by Gasteiger charge is -2.16. The smallest absolute Gasteiger partial charge is 0.167 e. The van der Waals surface area contributed by atoms with Gasteiger partial charge in [-0.1, -0.05) is 40.2 Å². The zero-order chi connectivity index (χ0) is 13.9. The largest absolute Gasteiger partial charge is 0.294 e. The minimum Gasteiger partial charge on any atom is -0.294 e. The van der Waals surface area contributed by atoms with Gasteiger partial charge < -0.3 is 0 Å². The fourth-order valence-electron chi connectivity index (χ4n) is 2.80. The Kier molecular flexibility index (Phi) is 4.02. The molecule has 3 rings (SSSR count). The molecule has 0 N–H and O–H groups in total. The number of benzene rings is 2. The van der Waals surface area contributed by atoms with Crippen LogP contribution in [-0.2, 0) is 19.3 Å². The zero-order valence-electron chi connectivity index (χ0n) is 11.4. The lowest BCUT2D eigenvalue weighted by Crippen LogP contribution is -2.08. The third kappa shape index (κ3) is 3.01. The number of ketones is 1.